The van der Waals surface area contributed by atoms with Crippen molar-refractivity contribution in [1.29, 1.82) is 0 Å². The quantitative estimate of drug-likeness (QED) is 0.381. The minimum Gasteiger partial charge on any atom is -0.380 e. The number of carbonyl (C=O) groups is 3. The lowest BCUT2D eigenvalue weighted by molar-refractivity contribution is -0.150. The third-order valence-electron chi connectivity index (χ3n) is 7.08. The smallest absolute Gasteiger partial charge is 0.380 e. The van der Waals surface area contributed by atoms with Crippen molar-refractivity contribution in [3.8, 4) is 11.4 Å². The van der Waals surface area contributed by atoms with Crippen LogP contribution in [0.3, 0.4) is 0 Å². The lowest BCUT2D eigenvalue weighted by atomic mass is 10.1. The van der Waals surface area contributed by atoms with Crippen molar-refractivity contribution in [3.63, 3.8) is 0 Å². The Hall–Kier alpha value is -4.33. The first-order chi connectivity index (χ1) is 19.3. The Morgan fingerprint density at radius 2 is 1.75 bits per heavy atom. The topological polar surface area (TPSA) is 161 Å². The summed E-state index contributed by atoms with van der Waals surface area (Å²) in [5.41, 5.74) is 1.98. The molecular formula is C27H30N6O7. The summed E-state index contributed by atoms with van der Waals surface area (Å²) in [7, 11) is 0. The molecule has 3 aromatic rings. The Bertz CT molecular complexity index is 1410. The number of hydrogen-bond donors (Lipinski definition) is 3. The van der Waals surface area contributed by atoms with Crippen LogP contribution >= 0.6 is 0 Å². The molecule has 2 aliphatic rings. The van der Waals surface area contributed by atoms with Crippen LogP contribution in [-0.4, -0.2) is 101 Å². The maximum absolute atomic E-state index is 13.2. The third-order valence-corrected chi connectivity index (χ3v) is 7.08. The number of anilines is 2. The molecule has 3 heterocycles. The minimum atomic E-state index is -1.76. The van der Waals surface area contributed by atoms with Crippen LogP contribution in [0.4, 0.5) is 11.4 Å². The molecule has 0 saturated carbocycles. The van der Waals surface area contributed by atoms with E-state index >= 15 is 0 Å². The van der Waals surface area contributed by atoms with E-state index in [9.17, 15) is 24.3 Å². The summed E-state index contributed by atoms with van der Waals surface area (Å²) >= 11 is 0. The normalized spacial score (nSPS) is 18.9. The Morgan fingerprint density at radius 3 is 2.38 bits per heavy atom. The number of aromatic amines is 1. The number of piperazine rings is 1. The van der Waals surface area contributed by atoms with E-state index in [-0.39, 0.29) is 24.9 Å². The molecule has 0 spiro atoms. The van der Waals surface area contributed by atoms with Crippen LogP contribution in [0.5, 0.6) is 0 Å². The van der Waals surface area contributed by atoms with Gasteiger partial charge in [-0.1, -0.05) is 12.1 Å². The fourth-order valence-electron chi connectivity index (χ4n) is 4.74. The van der Waals surface area contributed by atoms with Crippen LogP contribution in [0.25, 0.3) is 11.4 Å². The molecule has 5 rings (SSSR count). The number of amides is 3. The number of H-pyrrole nitrogens is 1. The molecule has 13 heteroatoms. The van der Waals surface area contributed by atoms with Gasteiger partial charge >= 0.3 is 5.76 Å². The molecule has 0 radical (unpaired) electrons. The Balaban J connectivity index is 1.20. The summed E-state index contributed by atoms with van der Waals surface area (Å²) in [4.78, 5) is 58.0. The zero-order valence-corrected chi connectivity index (χ0v) is 21.9. The first kappa shape index (κ1) is 27.2. The van der Waals surface area contributed by atoms with Crippen LogP contribution in [0, 0.1) is 0 Å². The zero-order valence-electron chi connectivity index (χ0n) is 21.9. The number of aliphatic hydroxyl groups excluding tert-OH is 1. The molecule has 0 unspecified atom stereocenters. The molecule has 2 atom stereocenters. The Labute approximate surface area is 229 Å². The predicted octanol–water partition coefficient (Wildman–Crippen LogP) is 0.539. The molecule has 2 saturated heterocycles. The van der Waals surface area contributed by atoms with E-state index in [1.807, 2.05) is 4.90 Å². The SMILES string of the molecule is CCN1CCN(C(=O)c2ccc(N3CCO[C@H]([C@@H](O)C(=O)Nc4ccc(-c5noc(=O)[nH]5)cc4)C3=O)cc2)CC1. The third kappa shape index (κ3) is 5.81. The number of nitrogens with one attached hydrogen (secondary N) is 2. The first-order valence-electron chi connectivity index (χ1n) is 13.0. The van der Waals surface area contributed by atoms with E-state index in [1.165, 1.54) is 4.90 Å². The lowest BCUT2D eigenvalue weighted by Crippen LogP contribution is -2.55. The summed E-state index contributed by atoms with van der Waals surface area (Å²) in [6, 6.07) is 13.0. The standard InChI is InChI=1S/C27H30N6O7/c1-2-31-11-13-32(14-12-31)25(36)18-5-9-20(10-6-18)33-15-16-39-22(26(33)37)21(34)24(35)28-19-7-3-17(4-8-19)23-29-27(38)40-30-23/h3-10,21-22,34H,2,11-16H2,1H3,(H,28,35)(H,29,30,38)/t21-,22-/m1/s1. The fraction of sp³-hybridized carbons (Fsp3) is 0.370. The molecule has 3 N–H and O–H groups in total. The summed E-state index contributed by atoms with van der Waals surface area (Å²) in [6.45, 7) is 6.45. The summed E-state index contributed by atoms with van der Waals surface area (Å²) < 4.78 is 9.96. The number of nitrogens with zero attached hydrogens (tertiary/aromatic N) is 4. The van der Waals surface area contributed by atoms with Gasteiger partial charge in [0, 0.05) is 55.2 Å². The molecule has 1 aromatic heterocycles. The van der Waals surface area contributed by atoms with Crippen LogP contribution in [-0.2, 0) is 14.3 Å². The second-order valence-electron chi connectivity index (χ2n) is 9.51. The number of rotatable bonds is 7. The summed E-state index contributed by atoms with van der Waals surface area (Å²) in [5.74, 6) is -1.88. The number of carbonyl (C=O) groups excluding carboxylic acids is 3. The number of likely N-dealkylation sites (N-methyl/N-ethyl adjacent to an activating group) is 1. The predicted molar refractivity (Wildman–Crippen MR) is 144 cm³/mol. The van der Waals surface area contributed by atoms with Crippen LogP contribution < -0.4 is 16.0 Å². The minimum absolute atomic E-state index is 0.0528. The second kappa shape index (κ2) is 11.8. The van der Waals surface area contributed by atoms with Gasteiger partial charge in [-0.25, -0.2) is 4.79 Å². The van der Waals surface area contributed by atoms with Gasteiger partial charge in [-0.3, -0.25) is 23.9 Å². The van der Waals surface area contributed by atoms with Gasteiger partial charge in [0.1, 0.15) is 0 Å². The van der Waals surface area contributed by atoms with Crippen LogP contribution in [0.2, 0.25) is 0 Å². The highest BCUT2D eigenvalue weighted by Gasteiger charge is 2.39. The van der Waals surface area contributed by atoms with E-state index in [0.717, 1.165) is 19.6 Å². The lowest BCUT2D eigenvalue weighted by Gasteiger charge is -2.35. The van der Waals surface area contributed by atoms with Crippen molar-refractivity contribution in [2.45, 2.75) is 19.1 Å². The van der Waals surface area contributed by atoms with Gasteiger partial charge in [0.15, 0.2) is 18.0 Å². The molecule has 13 nitrogen and oxygen atoms in total. The van der Waals surface area contributed by atoms with Crippen molar-refractivity contribution in [3.05, 3.63) is 64.6 Å². The second-order valence-corrected chi connectivity index (χ2v) is 9.51. The van der Waals surface area contributed by atoms with Crippen molar-refractivity contribution < 1.29 is 28.8 Å². The van der Waals surface area contributed by atoms with Crippen LogP contribution in [0.1, 0.15) is 17.3 Å². The number of benzene rings is 2. The van der Waals surface area contributed by atoms with Crippen molar-refractivity contribution in [2.24, 2.45) is 0 Å². The summed E-state index contributed by atoms with van der Waals surface area (Å²) in [6.07, 6.45) is -3.16. The van der Waals surface area contributed by atoms with Gasteiger partial charge in [0.05, 0.1) is 6.61 Å². The number of morpholine rings is 1. The van der Waals surface area contributed by atoms with Gasteiger partial charge in [0.25, 0.3) is 17.7 Å². The number of aliphatic hydroxyl groups is 1. The Kier molecular flexibility index (Phi) is 8.05. The maximum Gasteiger partial charge on any atom is 0.439 e. The highest BCUT2D eigenvalue weighted by atomic mass is 16.5. The molecule has 40 heavy (non-hydrogen) atoms. The molecule has 210 valence electrons. The van der Waals surface area contributed by atoms with Crippen molar-refractivity contribution in [1.82, 2.24) is 19.9 Å². The van der Waals surface area contributed by atoms with Crippen LogP contribution in [0.15, 0.2) is 57.8 Å². The van der Waals surface area contributed by atoms with Gasteiger partial charge in [0.2, 0.25) is 0 Å². The average Bonchev–Trinajstić information content (AvgIpc) is 3.43. The molecule has 2 aromatic carbocycles. The Morgan fingerprint density at radius 1 is 1.05 bits per heavy atom. The average molecular weight is 551 g/mol. The zero-order chi connectivity index (χ0) is 28.2. The molecule has 2 fully saturated rings. The molecular weight excluding hydrogens is 520 g/mol. The first-order valence-corrected chi connectivity index (χ1v) is 13.0. The van der Waals surface area contributed by atoms with Gasteiger partial charge in [-0.2, -0.15) is 0 Å². The number of aromatic nitrogens is 2. The highest BCUT2D eigenvalue weighted by Crippen LogP contribution is 2.23. The summed E-state index contributed by atoms with van der Waals surface area (Å²) in [5, 5.41) is 16.8. The van der Waals surface area contributed by atoms with Crippen molar-refractivity contribution >= 4 is 29.1 Å². The van der Waals surface area contributed by atoms with E-state index in [0.29, 0.717) is 35.6 Å². The van der Waals surface area contributed by atoms with Gasteiger partial charge < -0.3 is 29.9 Å². The molecule has 0 bridgehead atoms. The monoisotopic (exact) mass is 550 g/mol. The molecule has 3 amide bonds. The van der Waals surface area contributed by atoms with E-state index in [4.69, 9.17) is 4.74 Å². The molecule has 0 aliphatic carbocycles. The van der Waals surface area contributed by atoms with E-state index in [2.05, 4.69) is 31.8 Å². The fourth-order valence-corrected chi connectivity index (χ4v) is 4.74. The van der Waals surface area contributed by atoms with Gasteiger partial charge in [-0.05, 0) is 55.1 Å². The highest BCUT2D eigenvalue weighted by molar-refractivity contribution is 6.04. The maximum atomic E-state index is 13.2. The number of ether oxygens (including phenoxy) is 1. The van der Waals surface area contributed by atoms with E-state index < -0.39 is 29.8 Å². The van der Waals surface area contributed by atoms with Gasteiger partial charge in [-0.15, -0.1) is 0 Å². The largest absolute Gasteiger partial charge is 0.439 e. The van der Waals surface area contributed by atoms with Crippen molar-refractivity contribution in [2.75, 3.05) is 56.1 Å². The number of hydrogen-bond acceptors (Lipinski definition) is 9. The van der Waals surface area contributed by atoms with E-state index in [1.54, 1.807) is 48.5 Å². The molecule has 2 aliphatic heterocycles.